The minimum absolute atomic E-state index is 0.0185. The molecule has 8 heteroatoms. The molecule has 4 rings (SSSR count). The molecule has 1 atom stereocenters. The molecule has 0 heterocycles. The topological polar surface area (TPSA) is 139 Å². The van der Waals surface area contributed by atoms with Crippen LogP contribution in [-0.4, -0.2) is 20.2 Å². The van der Waals surface area contributed by atoms with Crippen LogP contribution >= 0.6 is 0 Å². The first-order valence-electron chi connectivity index (χ1n) is 11.7. The summed E-state index contributed by atoms with van der Waals surface area (Å²) in [6.07, 6.45) is 1.01. The largest absolute Gasteiger partial charge is 0.384 e. The van der Waals surface area contributed by atoms with Gasteiger partial charge in [0, 0.05) is 22.7 Å². The monoisotopic (exact) mass is 512 g/mol. The molecule has 37 heavy (non-hydrogen) atoms. The molecule has 1 amide bonds. The average molecular weight is 513 g/mol. The van der Waals surface area contributed by atoms with Crippen molar-refractivity contribution in [1.29, 1.82) is 5.41 Å². The molecule has 7 nitrogen and oxygen atoms in total. The number of amidine groups is 1. The van der Waals surface area contributed by atoms with E-state index in [2.05, 4.69) is 5.32 Å². The fourth-order valence-corrected chi connectivity index (χ4v) is 5.00. The van der Waals surface area contributed by atoms with Crippen molar-refractivity contribution >= 4 is 27.5 Å². The highest BCUT2D eigenvalue weighted by Gasteiger charge is 2.21. The molecule has 0 bridgehead atoms. The molecule has 4 aromatic rings. The Morgan fingerprint density at radius 2 is 1.43 bits per heavy atom. The molecular weight excluding hydrogens is 484 g/mol. The van der Waals surface area contributed by atoms with Crippen LogP contribution in [0, 0.1) is 11.3 Å². The Labute approximate surface area is 216 Å². The van der Waals surface area contributed by atoms with Crippen LogP contribution in [0.1, 0.15) is 16.7 Å². The first-order chi connectivity index (χ1) is 17.7. The Morgan fingerprint density at radius 1 is 0.811 bits per heavy atom. The van der Waals surface area contributed by atoms with Gasteiger partial charge < -0.3 is 11.1 Å². The van der Waals surface area contributed by atoms with E-state index >= 15 is 0 Å². The van der Waals surface area contributed by atoms with Crippen LogP contribution in [0.3, 0.4) is 0 Å². The van der Waals surface area contributed by atoms with Crippen molar-refractivity contribution in [2.24, 2.45) is 16.8 Å². The minimum Gasteiger partial charge on any atom is -0.384 e. The fourth-order valence-electron chi connectivity index (χ4n) is 4.24. The zero-order chi connectivity index (χ0) is 26.4. The average Bonchev–Trinajstić information content (AvgIpc) is 2.89. The van der Waals surface area contributed by atoms with Crippen molar-refractivity contribution in [3.8, 4) is 11.1 Å². The molecule has 0 spiro atoms. The maximum absolute atomic E-state index is 13.4. The maximum Gasteiger partial charge on any atom is 0.238 e. The first kappa shape index (κ1) is 25.8. The van der Waals surface area contributed by atoms with Crippen LogP contribution in [0.25, 0.3) is 11.1 Å². The number of anilines is 1. The number of primary sulfonamides is 1. The van der Waals surface area contributed by atoms with Crippen molar-refractivity contribution in [2.75, 3.05) is 5.32 Å². The van der Waals surface area contributed by atoms with Gasteiger partial charge in [-0.2, -0.15) is 0 Å². The molecular formula is C29H28N4O3S. The number of benzene rings is 4. The van der Waals surface area contributed by atoms with Gasteiger partial charge in [0.05, 0.1) is 4.90 Å². The Morgan fingerprint density at radius 3 is 2.11 bits per heavy atom. The molecule has 1 unspecified atom stereocenters. The van der Waals surface area contributed by atoms with Gasteiger partial charge in [0.1, 0.15) is 5.84 Å². The van der Waals surface area contributed by atoms with Gasteiger partial charge >= 0.3 is 0 Å². The molecule has 0 aromatic heterocycles. The van der Waals surface area contributed by atoms with Crippen LogP contribution in [-0.2, 0) is 27.7 Å². The first-order valence-corrected chi connectivity index (χ1v) is 13.3. The SMILES string of the molecule is N=C(N)c1cccc(CC(Cc2ccccc2)C(=O)Nc2ccc(-c3ccccc3S(N)(=O)=O)cc2)c1. The second-order valence-electron chi connectivity index (χ2n) is 8.81. The summed E-state index contributed by atoms with van der Waals surface area (Å²) in [4.78, 5) is 13.5. The van der Waals surface area contributed by atoms with Crippen LogP contribution in [0.5, 0.6) is 0 Å². The highest BCUT2D eigenvalue weighted by molar-refractivity contribution is 7.89. The van der Waals surface area contributed by atoms with Crippen LogP contribution < -0.4 is 16.2 Å². The van der Waals surface area contributed by atoms with Gasteiger partial charge in [0.25, 0.3) is 0 Å². The minimum atomic E-state index is -3.88. The predicted molar refractivity (Wildman–Crippen MR) is 147 cm³/mol. The second-order valence-corrected chi connectivity index (χ2v) is 10.3. The smallest absolute Gasteiger partial charge is 0.238 e. The van der Waals surface area contributed by atoms with E-state index in [-0.39, 0.29) is 22.6 Å². The fraction of sp³-hybridized carbons (Fsp3) is 0.103. The third kappa shape index (κ3) is 6.69. The van der Waals surface area contributed by atoms with Crippen molar-refractivity contribution < 1.29 is 13.2 Å². The van der Waals surface area contributed by atoms with E-state index in [4.69, 9.17) is 16.3 Å². The zero-order valence-corrected chi connectivity index (χ0v) is 20.9. The summed E-state index contributed by atoms with van der Waals surface area (Å²) in [5.41, 5.74) is 9.99. The second kappa shape index (κ2) is 11.2. The summed E-state index contributed by atoms with van der Waals surface area (Å²) in [7, 11) is -3.88. The van der Waals surface area contributed by atoms with Crippen LogP contribution in [0.2, 0.25) is 0 Å². The summed E-state index contributed by atoms with van der Waals surface area (Å²) < 4.78 is 23.9. The van der Waals surface area contributed by atoms with Crippen molar-refractivity contribution in [3.63, 3.8) is 0 Å². The molecule has 0 radical (unpaired) electrons. The Balaban J connectivity index is 1.56. The van der Waals surface area contributed by atoms with Gasteiger partial charge in [0.2, 0.25) is 15.9 Å². The number of nitrogens with two attached hydrogens (primary N) is 2. The standard InChI is InChI=1S/C29H28N4O3S/c30-28(31)23-10-6-9-21(18-23)19-24(17-20-7-2-1-3-8-20)29(34)33-25-15-13-22(14-16-25)26-11-4-5-12-27(26)37(32,35)36/h1-16,18,24H,17,19H2,(H3,30,31)(H,33,34)(H2,32,35,36). The number of rotatable bonds is 9. The molecule has 0 aliphatic heterocycles. The molecule has 4 aromatic carbocycles. The van der Waals surface area contributed by atoms with E-state index in [1.165, 1.54) is 6.07 Å². The lowest BCUT2D eigenvalue weighted by atomic mass is 9.91. The van der Waals surface area contributed by atoms with E-state index in [0.29, 0.717) is 35.2 Å². The third-order valence-electron chi connectivity index (χ3n) is 6.07. The Bertz CT molecular complexity index is 1520. The summed E-state index contributed by atoms with van der Waals surface area (Å²) in [5.74, 6) is -0.530. The van der Waals surface area contributed by atoms with Gasteiger partial charge in [0.15, 0.2) is 0 Å². The predicted octanol–water partition coefficient (Wildman–Crippen LogP) is 4.33. The van der Waals surface area contributed by atoms with E-state index in [9.17, 15) is 13.2 Å². The van der Waals surface area contributed by atoms with Gasteiger partial charge in [-0.1, -0.05) is 78.9 Å². The summed E-state index contributed by atoms with van der Waals surface area (Å²) in [6, 6.07) is 30.7. The zero-order valence-electron chi connectivity index (χ0n) is 20.1. The lowest BCUT2D eigenvalue weighted by molar-refractivity contribution is -0.119. The molecule has 6 N–H and O–H groups in total. The number of sulfonamides is 1. The van der Waals surface area contributed by atoms with Crippen molar-refractivity contribution in [3.05, 3.63) is 120 Å². The maximum atomic E-state index is 13.4. The van der Waals surface area contributed by atoms with E-state index in [0.717, 1.165) is 11.1 Å². The number of hydrogen-bond acceptors (Lipinski definition) is 4. The van der Waals surface area contributed by atoms with Crippen molar-refractivity contribution in [1.82, 2.24) is 0 Å². The molecule has 0 saturated heterocycles. The van der Waals surface area contributed by atoms with Gasteiger partial charge in [-0.25, -0.2) is 13.6 Å². The van der Waals surface area contributed by atoms with Gasteiger partial charge in [-0.3, -0.25) is 10.2 Å². The van der Waals surface area contributed by atoms with Gasteiger partial charge in [-0.05, 0) is 53.8 Å². The Kier molecular flexibility index (Phi) is 7.81. The normalized spacial score (nSPS) is 12.0. The van der Waals surface area contributed by atoms with Gasteiger partial charge in [-0.15, -0.1) is 0 Å². The number of carbonyl (C=O) groups is 1. The molecule has 188 valence electrons. The van der Waals surface area contributed by atoms with Crippen molar-refractivity contribution in [2.45, 2.75) is 17.7 Å². The number of carbonyl (C=O) groups excluding carboxylic acids is 1. The van der Waals surface area contributed by atoms with E-state index in [1.54, 1.807) is 48.5 Å². The van der Waals surface area contributed by atoms with Crippen LogP contribution in [0.15, 0.2) is 108 Å². The Hall–Kier alpha value is -4.27. The highest BCUT2D eigenvalue weighted by atomic mass is 32.2. The third-order valence-corrected chi connectivity index (χ3v) is 7.04. The lowest BCUT2D eigenvalue weighted by Gasteiger charge is -2.18. The lowest BCUT2D eigenvalue weighted by Crippen LogP contribution is -2.26. The quantitative estimate of drug-likeness (QED) is 0.196. The molecule has 0 aliphatic carbocycles. The van der Waals surface area contributed by atoms with E-state index in [1.807, 2.05) is 48.5 Å². The number of amides is 1. The number of hydrogen-bond donors (Lipinski definition) is 4. The summed E-state index contributed by atoms with van der Waals surface area (Å²) >= 11 is 0. The van der Waals surface area contributed by atoms with E-state index < -0.39 is 10.0 Å². The summed E-state index contributed by atoms with van der Waals surface area (Å²) in [5, 5.41) is 16.1. The molecule has 0 aliphatic rings. The van der Waals surface area contributed by atoms with Crippen LogP contribution in [0.4, 0.5) is 5.69 Å². The number of nitrogens with one attached hydrogen (secondary N) is 2. The highest BCUT2D eigenvalue weighted by Crippen LogP contribution is 2.28. The molecule has 0 fully saturated rings. The molecule has 0 saturated carbocycles. The number of nitrogen functional groups attached to an aromatic ring is 1. The summed E-state index contributed by atoms with van der Waals surface area (Å²) in [6.45, 7) is 0.